The number of benzene rings is 2. The molecule has 1 unspecified atom stereocenters. The maximum Gasteiger partial charge on any atom is 0.335 e. The van der Waals surface area contributed by atoms with Crippen molar-refractivity contribution in [1.29, 1.82) is 0 Å². The number of phenolic OH excluding ortho intramolecular Hbond substituents is 1. The third-order valence-electron chi connectivity index (χ3n) is 7.90. The average molecular weight is 479 g/mol. The molecule has 2 aromatic carbocycles. The molecule has 0 aliphatic heterocycles. The molecule has 0 saturated heterocycles. The zero-order valence-corrected chi connectivity index (χ0v) is 23.3. The highest BCUT2D eigenvalue weighted by atomic mass is 16.5. The normalized spacial score (nSPS) is 12.9. The van der Waals surface area contributed by atoms with Gasteiger partial charge in [-0.1, -0.05) is 105 Å². The van der Waals surface area contributed by atoms with E-state index in [2.05, 4.69) is 74.1 Å². The number of para-hydroxylation sites is 1. The van der Waals surface area contributed by atoms with Gasteiger partial charge >= 0.3 is 5.97 Å². The summed E-state index contributed by atoms with van der Waals surface area (Å²) in [7, 11) is 0. The van der Waals surface area contributed by atoms with Crippen molar-refractivity contribution in [2.45, 2.75) is 111 Å². The van der Waals surface area contributed by atoms with E-state index in [1.54, 1.807) is 0 Å². The first-order valence-electron chi connectivity index (χ1n) is 13.3. The van der Waals surface area contributed by atoms with Crippen LogP contribution in [0.5, 0.6) is 11.5 Å². The number of aromatic hydroxyl groups is 1. The van der Waals surface area contributed by atoms with E-state index in [-0.39, 0.29) is 16.7 Å². The maximum absolute atomic E-state index is 12.3. The lowest BCUT2D eigenvalue weighted by Crippen LogP contribution is -2.21. The molecule has 0 aliphatic rings. The highest BCUT2D eigenvalue weighted by molar-refractivity contribution is 5.84. The molecule has 192 valence electrons. The van der Waals surface area contributed by atoms with Crippen molar-refractivity contribution in [1.82, 2.24) is 0 Å². The lowest BCUT2D eigenvalue weighted by atomic mass is 9.73. The zero-order chi connectivity index (χ0) is 26.4. The van der Waals surface area contributed by atoms with Crippen molar-refractivity contribution in [3.63, 3.8) is 0 Å². The molecule has 0 aliphatic carbocycles. The molecule has 0 amide bonds. The van der Waals surface area contributed by atoms with Crippen LogP contribution >= 0.6 is 0 Å². The fraction of sp³-hybridized carbons (Fsp3) is 0.531. The second-order valence-corrected chi connectivity index (χ2v) is 11.1. The molecule has 0 bridgehead atoms. The van der Waals surface area contributed by atoms with Crippen molar-refractivity contribution < 1.29 is 14.6 Å². The van der Waals surface area contributed by atoms with E-state index in [4.69, 9.17) is 4.74 Å². The van der Waals surface area contributed by atoms with Crippen molar-refractivity contribution >= 4 is 5.97 Å². The molecule has 0 saturated carbocycles. The largest absolute Gasteiger partial charge is 0.507 e. The van der Waals surface area contributed by atoms with Crippen LogP contribution in [0.3, 0.4) is 0 Å². The number of carbonyl (C=O) groups is 1. The van der Waals surface area contributed by atoms with Gasteiger partial charge in [0.25, 0.3) is 0 Å². The Morgan fingerprint density at radius 1 is 1.03 bits per heavy atom. The third-order valence-corrected chi connectivity index (χ3v) is 7.90. The molecule has 0 heterocycles. The molecule has 1 N–H and O–H groups in total. The van der Waals surface area contributed by atoms with Crippen LogP contribution in [-0.2, 0) is 22.0 Å². The Hall–Kier alpha value is -2.55. The van der Waals surface area contributed by atoms with Gasteiger partial charge in [0, 0.05) is 28.7 Å². The van der Waals surface area contributed by atoms with Gasteiger partial charge in [0.05, 0.1) is 0 Å². The SMILES string of the molecule is C=CC(=O)Oc1c(CCCCC)cccc1C(C)c1cc(C(C)(C)CC)cc(C(C)(C)CC)c1O. The molecule has 3 nitrogen and oxygen atoms in total. The Labute approximate surface area is 213 Å². The molecule has 35 heavy (non-hydrogen) atoms. The quantitative estimate of drug-likeness (QED) is 0.143. The summed E-state index contributed by atoms with van der Waals surface area (Å²) in [6.07, 6.45) is 7.25. The number of ether oxygens (including phenoxy) is 1. The molecule has 0 spiro atoms. The van der Waals surface area contributed by atoms with E-state index in [9.17, 15) is 9.90 Å². The number of carbonyl (C=O) groups excluding carboxylic acids is 1. The van der Waals surface area contributed by atoms with E-state index < -0.39 is 5.97 Å². The maximum atomic E-state index is 12.3. The van der Waals surface area contributed by atoms with Gasteiger partial charge < -0.3 is 9.84 Å². The van der Waals surface area contributed by atoms with Gasteiger partial charge in [0.1, 0.15) is 11.5 Å². The predicted octanol–water partition coefficient (Wildman–Crippen LogP) is 8.74. The van der Waals surface area contributed by atoms with Crippen molar-refractivity contribution in [3.05, 3.63) is 70.8 Å². The third kappa shape index (κ3) is 6.57. The molecule has 0 radical (unpaired) electrons. The average Bonchev–Trinajstić information content (AvgIpc) is 2.84. The van der Waals surface area contributed by atoms with Gasteiger partial charge in [-0.25, -0.2) is 4.79 Å². The Balaban J connectivity index is 2.75. The second kappa shape index (κ2) is 11.9. The molecule has 3 heteroatoms. The van der Waals surface area contributed by atoms with Crippen LogP contribution in [0.1, 0.15) is 121 Å². The Bertz CT molecular complexity index is 1030. The summed E-state index contributed by atoms with van der Waals surface area (Å²) in [4.78, 5) is 12.3. The number of esters is 1. The van der Waals surface area contributed by atoms with Gasteiger partial charge in [0.2, 0.25) is 0 Å². The van der Waals surface area contributed by atoms with Crippen LogP contribution in [0.2, 0.25) is 0 Å². The summed E-state index contributed by atoms with van der Waals surface area (Å²) in [5.74, 6) is 0.335. The van der Waals surface area contributed by atoms with Crippen LogP contribution in [0, 0.1) is 0 Å². The molecule has 2 rings (SSSR count). The van der Waals surface area contributed by atoms with Gasteiger partial charge in [-0.3, -0.25) is 0 Å². The van der Waals surface area contributed by atoms with Gasteiger partial charge in [0.15, 0.2) is 0 Å². The van der Waals surface area contributed by atoms with E-state index in [1.807, 2.05) is 18.2 Å². The fourth-order valence-electron chi connectivity index (χ4n) is 4.43. The minimum Gasteiger partial charge on any atom is -0.507 e. The van der Waals surface area contributed by atoms with Crippen molar-refractivity contribution in [2.75, 3.05) is 0 Å². The molecular formula is C32H46O3. The Morgan fingerprint density at radius 3 is 2.26 bits per heavy atom. The minimum atomic E-state index is -0.459. The summed E-state index contributed by atoms with van der Waals surface area (Å²) in [6.45, 7) is 21.1. The fourth-order valence-corrected chi connectivity index (χ4v) is 4.43. The van der Waals surface area contributed by atoms with Gasteiger partial charge in [-0.05, 0) is 47.6 Å². The van der Waals surface area contributed by atoms with E-state index in [0.29, 0.717) is 11.5 Å². The predicted molar refractivity (Wildman–Crippen MR) is 148 cm³/mol. The lowest BCUT2D eigenvalue weighted by molar-refractivity contribution is -0.129. The first-order chi connectivity index (χ1) is 16.4. The van der Waals surface area contributed by atoms with Crippen LogP contribution < -0.4 is 4.74 Å². The molecule has 1 atom stereocenters. The highest BCUT2D eigenvalue weighted by Crippen LogP contribution is 2.45. The molecular weight excluding hydrogens is 432 g/mol. The number of phenols is 1. The van der Waals surface area contributed by atoms with Gasteiger partial charge in [-0.15, -0.1) is 0 Å². The minimum absolute atomic E-state index is 0.0269. The second-order valence-electron chi connectivity index (χ2n) is 11.1. The molecule has 0 aromatic heterocycles. The number of hydrogen-bond acceptors (Lipinski definition) is 3. The topological polar surface area (TPSA) is 46.5 Å². The summed E-state index contributed by atoms with van der Waals surface area (Å²) in [5, 5.41) is 11.6. The number of hydrogen-bond donors (Lipinski definition) is 1. The smallest absolute Gasteiger partial charge is 0.335 e. The summed E-state index contributed by atoms with van der Waals surface area (Å²) < 4.78 is 5.84. The molecule has 2 aromatic rings. The summed E-state index contributed by atoms with van der Waals surface area (Å²) >= 11 is 0. The summed E-state index contributed by atoms with van der Waals surface area (Å²) in [5.41, 5.74) is 4.82. The van der Waals surface area contributed by atoms with Gasteiger partial charge in [-0.2, -0.15) is 0 Å². The molecule has 0 fully saturated rings. The first-order valence-corrected chi connectivity index (χ1v) is 13.3. The van der Waals surface area contributed by atoms with E-state index in [0.717, 1.165) is 60.8 Å². The van der Waals surface area contributed by atoms with E-state index in [1.165, 1.54) is 11.6 Å². The zero-order valence-electron chi connectivity index (χ0n) is 23.3. The monoisotopic (exact) mass is 478 g/mol. The van der Waals surface area contributed by atoms with Crippen LogP contribution in [0.4, 0.5) is 0 Å². The number of rotatable bonds is 12. The van der Waals surface area contributed by atoms with Crippen LogP contribution in [0.25, 0.3) is 0 Å². The van der Waals surface area contributed by atoms with Crippen LogP contribution in [-0.4, -0.2) is 11.1 Å². The lowest BCUT2D eigenvalue weighted by Gasteiger charge is -2.32. The van der Waals surface area contributed by atoms with Crippen LogP contribution in [0.15, 0.2) is 43.0 Å². The number of aryl methyl sites for hydroxylation is 1. The van der Waals surface area contributed by atoms with Crippen molar-refractivity contribution in [3.8, 4) is 11.5 Å². The Morgan fingerprint density at radius 2 is 1.69 bits per heavy atom. The standard InChI is InChI=1S/C32H46O3/c1-10-14-15-17-23-18-16-19-25(30(23)35-28(33)11-2)22(5)26-20-24(31(6,7)12-3)21-27(29(26)34)32(8,9)13-4/h11,16,18-22,34H,2,10,12-15,17H2,1,3-9H3. The first kappa shape index (κ1) is 28.7. The van der Waals surface area contributed by atoms with Crippen molar-refractivity contribution in [2.24, 2.45) is 0 Å². The Kier molecular flexibility index (Phi) is 9.77. The highest BCUT2D eigenvalue weighted by Gasteiger charge is 2.30. The number of unbranched alkanes of at least 4 members (excludes halogenated alkanes) is 2. The summed E-state index contributed by atoms with van der Waals surface area (Å²) in [6, 6.07) is 10.4. The van der Waals surface area contributed by atoms with E-state index >= 15 is 0 Å².